The Kier molecular flexibility index (Phi) is 2.44. The first kappa shape index (κ1) is 11.7. The van der Waals surface area contributed by atoms with Crippen LogP contribution >= 0.6 is 11.3 Å². The van der Waals surface area contributed by atoms with Crippen LogP contribution in [-0.4, -0.2) is 10.8 Å². The maximum Gasteiger partial charge on any atom is 0.417 e. The molecular formula is C15H11NO3S. The number of fused-ring (bicyclic) bond motifs is 2. The van der Waals surface area contributed by atoms with Crippen LogP contribution in [0.3, 0.4) is 0 Å². The van der Waals surface area contributed by atoms with E-state index in [-0.39, 0.29) is 5.78 Å². The first-order chi connectivity index (χ1) is 9.70. The standard InChI is InChI=1S/C15H11NO3S/c17-14(13-7-8-2-1-3-12(8)20-13)9-4-5-10-11(6-9)19-15(18)16-10/h4-7H,1-3H2,(H,16,18). The van der Waals surface area contributed by atoms with Crippen LogP contribution in [0.2, 0.25) is 0 Å². The van der Waals surface area contributed by atoms with E-state index in [1.807, 2.05) is 6.07 Å². The number of hydrogen-bond acceptors (Lipinski definition) is 4. The van der Waals surface area contributed by atoms with Gasteiger partial charge in [0.2, 0.25) is 5.78 Å². The van der Waals surface area contributed by atoms with Gasteiger partial charge in [0.1, 0.15) is 0 Å². The van der Waals surface area contributed by atoms with Crippen molar-refractivity contribution in [2.24, 2.45) is 0 Å². The van der Waals surface area contributed by atoms with Gasteiger partial charge in [0.15, 0.2) is 5.58 Å². The molecule has 0 fully saturated rings. The number of aromatic nitrogens is 1. The lowest BCUT2D eigenvalue weighted by Gasteiger charge is -1.98. The molecule has 1 N–H and O–H groups in total. The predicted octanol–water partition coefficient (Wildman–Crippen LogP) is 2.90. The lowest BCUT2D eigenvalue weighted by atomic mass is 10.1. The molecule has 0 unspecified atom stereocenters. The van der Waals surface area contributed by atoms with E-state index >= 15 is 0 Å². The van der Waals surface area contributed by atoms with Crippen molar-refractivity contribution in [2.45, 2.75) is 19.3 Å². The molecule has 0 radical (unpaired) electrons. The molecule has 1 aliphatic rings. The fourth-order valence-corrected chi connectivity index (χ4v) is 3.89. The Morgan fingerprint density at radius 1 is 1.25 bits per heavy atom. The number of H-pyrrole nitrogens is 1. The SMILES string of the molecule is O=C(c1ccc2[nH]c(=O)oc2c1)c1cc2c(s1)CCC2. The Labute approximate surface area is 118 Å². The molecule has 20 heavy (non-hydrogen) atoms. The summed E-state index contributed by atoms with van der Waals surface area (Å²) in [5.74, 6) is -0.505. The fourth-order valence-electron chi connectivity index (χ4n) is 2.67. The normalized spacial score (nSPS) is 13.8. The largest absolute Gasteiger partial charge is 0.417 e. The summed E-state index contributed by atoms with van der Waals surface area (Å²) in [6.45, 7) is 0. The van der Waals surface area contributed by atoms with Crippen LogP contribution in [0.25, 0.3) is 11.1 Å². The Hall–Kier alpha value is -2.14. The van der Waals surface area contributed by atoms with Crippen molar-refractivity contribution in [2.75, 3.05) is 0 Å². The van der Waals surface area contributed by atoms with E-state index in [0.29, 0.717) is 16.7 Å². The number of thiophene rings is 1. The number of aromatic amines is 1. The first-order valence-electron chi connectivity index (χ1n) is 6.50. The molecule has 0 saturated heterocycles. The van der Waals surface area contributed by atoms with Crippen molar-refractivity contribution in [3.63, 3.8) is 0 Å². The Balaban J connectivity index is 1.77. The van der Waals surface area contributed by atoms with Crippen molar-refractivity contribution in [3.05, 3.63) is 55.7 Å². The van der Waals surface area contributed by atoms with Gasteiger partial charge >= 0.3 is 5.76 Å². The van der Waals surface area contributed by atoms with Crippen LogP contribution in [-0.2, 0) is 12.8 Å². The van der Waals surface area contributed by atoms with Gasteiger partial charge in [-0.3, -0.25) is 9.78 Å². The van der Waals surface area contributed by atoms with Crippen molar-refractivity contribution >= 4 is 28.2 Å². The van der Waals surface area contributed by atoms with E-state index in [0.717, 1.165) is 17.7 Å². The van der Waals surface area contributed by atoms with Crippen LogP contribution < -0.4 is 5.76 Å². The Morgan fingerprint density at radius 3 is 3.00 bits per heavy atom. The summed E-state index contributed by atoms with van der Waals surface area (Å²) in [6.07, 6.45) is 3.35. The van der Waals surface area contributed by atoms with Crippen LogP contribution in [0.5, 0.6) is 0 Å². The minimum Gasteiger partial charge on any atom is -0.408 e. The molecule has 0 saturated carbocycles. The molecule has 4 nitrogen and oxygen atoms in total. The Morgan fingerprint density at radius 2 is 2.15 bits per heavy atom. The van der Waals surface area contributed by atoms with E-state index in [9.17, 15) is 9.59 Å². The lowest BCUT2D eigenvalue weighted by Crippen LogP contribution is -1.98. The van der Waals surface area contributed by atoms with Crippen LogP contribution in [0.15, 0.2) is 33.5 Å². The molecule has 0 atom stereocenters. The maximum absolute atomic E-state index is 12.5. The van der Waals surface area contributed by atoms with Crippen molar-refractivity contribution in [1.82, 2.24) is 4.98 Å². The summed E-state index contributed by atoms with van der Waals surface area (Å²) >= 11 is 1.59. The van der Waals surface area contributed by atoms with Gasteiger partial charge in [-0.25, -0.2) is 4.79 Å². The predicted molar refractivity (Wildman–Crippen MR) is 76.6 cm³/mol. The second kappa shape index (κ2) is 4.18. The number of rotatable bonds is 2. The Bertz CT molecular complexity index is 863. The number of carbonyl (C=O) groups excluding carboxylic acids is 1. The van der Waals surface area contributed by atoms with Crippen molar-refractivity contribution in [3.8, 4) is 0 Å². The number of oxazole rings is 1. The van der Waals surface area contributed by atoms with Gasteiger partial charge in [-0.1, -0.05) is 0 Å². The molecule has 2 aromatic heterocycles. The molecular weight excluding hydrogens is 274 g/mol. The molecule has 1 aliphatic carbocycles. The number of ketones is 1. The average Bonchev–Trinajstić information content (AvgIpc) is 3.08. The fraction of sp³-hybridized carbons (Fsp3) is 0.200. The highest BCUT2D eigenvalue weighted by molar-refractivity contribution is 7.14. The summed E-state index contributed by atoms with van der Waals surface area (Å²) in [6, 6.07) is 7.06. The van der Waals surface area contributed by atoms with Crippen LogP contribution in [0.1, 0.15) is 32.1 Å². The molecule has 0 bridgehead atoms. The molecule has 4 rings (SSSR count). The molecule has 0 spiro atoms. The lowest BCUT2D eigenvalue weighted by molar-refractivity contribution is 0.104. The quantitative estimate of drug-likeness (QED) is 0.736. The van der Waals surface area contributed by atoms with E-state index in [1.165, 1.54) is 16.9 Å². The van der Waals surface area contributed by atoms with Gasteiger partial charge in [-0.05, 0) is 49.1 Å². The zero-order chi connectivity index (χ0) is 13.7. The zero-order valence-electron chi connectivity index (χ0n) is 10.6. The number of aryl methyl sites for hydroxylation is 2. The molecule has 0 aliphatic heterocycles. The van der Waals surface area contributed by atoms with E-state index in [4.69, 9.17) is 4.42 Å². The molecule has 3 aromatic rings. The third-order valence-corrected chi connectivity index (χ3v) is 4.89. The maximum atomic E-state index is 12.5. The molecule has 2 heterocycles. The third kappa shape index (κ3) is 1.74. The number of carbonyl (C=O) groups is 1. The van der Waals surface area contributed by atoms with Crippen LogP contribution in [0, 0.1) is 0 Å². The zero-order valence-corrected chi connectivity index (χ0v) is 11.4. The first-order valence-corrected chi connectivity index (χ1v) is 7.31. The van der Waals surface area contributed by atoms with Gasteiger partial charge < -0.3 is 4.42 Å². The highest BCUT2D eigenvalue weighted by Gasteiger charge is 2.19. The third-order valence-electron chi connectivity index (χ3n) is 3.65. The summed E-state index contributed by atoms with van der Waals surface area (Å²) < 4.78 is 5.00. The summed E-state index contributed by atoms with van der Waals surface area (Å²) in [7, 11) is 0. The van der Waals surface area contributed by atoms with Crippen LogP contribution in [0.4, 0.5) is 0 Å². The number of nitrogens with one attached hydrogen (secondary N) is 1. The molecule has 0 amide bonds. The van der Waals surface area contributed by atoms with Gasteiger partial charge in [0, 0.05) is 10.4 Å². The van der Waals surface area contributed by atoms with E-state index < -0.39 is 5.76 Å². The summed E-state index contributed by atoms with van der Waals surface area (Å²) in [4.78, 5) is 28.3. The second-order valence-electron chi connectivity index (χ2n) is 4.97. The summed E-state index contributed by atoms with van der Waals surface area (Å²) in [5.41, 5.74) is 2.90. The number of hydrogen-bond donors (Lipinski definition) is 1. The minimum absolute atomic E-state index is 0.00449. The average molecular weight is 285 g/mol. The van der Waals surface area contributed by atoms with Gasteiger partial charge in [0.25, 0.3) is 0 Å². The monoisotopic (exact) mass is 285 g/mol. The van der Waals surface area contributed by atoms with Crippen molar-refractivity contribution < 1.29 is 9.21 Å². The van der Waals surface area contributed by atoms with E-state index in [1.54, 1.807) is 29.5 Å². The molecule has 5 heteroatoms. The van der Waals surface area contributed by atoms with Gasteiger partial charge in [0.05, 0.1) is 10.4 Å². The molecule has 100 valence electrons. The number of benzene rings is 1. The van der Waals surface area contributed by atoms with E-state index in [2.05, 4.69) is 4.98 Å². The van der Waals surface area contributed by atoms with Gasteiger partial charge in [-0.15, -0.1) is 11.3 Å². The van der Waals surface area contributed by atoms with Crippen molar-refractivity contribution in [1.29, 1.82) is 0 Å². The smallest absolute Gasteiger partial charge is 0.408 e. The highest BCUT2D eigenvalue weighted by Crippen LogP contribution is 2.32. The highest BCUT2D eigenvalue weighted by atomic mass is 32.1. The minimum atomic E-state index is -0.500. The second-order valence-corrected chi connectivity index (χ2v) is 6.10. The topological polar surface area (TPSA) is 63.1 Å². The molecule has 1 aromatic carbocycles. The summed E-state index contributed by atoms with van der Waals surface area (Å²) in [5, 5.41) is 0. The van der Waals surface area contributed by atoms with Gasteiger partial charge in [-0.2, -0.15) is 0 Å².